The number of hydrogen-bond donors (Lipinski definition) is 1. The number of aryl methyl sites for hydroxylation is 1. The van der Waals surface area contributed by atoms with E-state index in [4.69, 9.17) is 5.73 Å². The van der Waals surface area contributed by atoms with E-state index in [1.165, 1.54) is 6.42 Å². The predicted molar refractivity (Wildman–Crippen MR) is 56.2 cm³/mol. The summed E-state index contributed by atoms with van der Waals surface area (Å²) >= 11 is 0. The Morgan fingerprint density at radius 2 is 2.21 bits per heavy atom. The summed E-state index contributed by atoms with van der Waals surface area (Å²) in [4.78, 5) is 10.8. The highest BCUT2D eigenvalue weighted by atomic mass is 15.3. The molecule has 2 rings (SSSR count). The third-order valence-electron chi connectivity index (χ3n) is 2.67. The highest BCUT2D eigenvalue weighted by Crippen LogP contribution is 2.20. The van der Waals surface area contributed by atoms with Gasteiger partial charge in [0.25, 0.3) is 0 Å². The van der Waals surface area contributed by atoms with Crippen LogP contribution in [-0.2, 0) is 0 Å². The molecule has 1 unspecified atom stereocenters. The summed E-state index contributed by atoms with van der Waals surface area (Å²) in [7, 11) is 0. The lowest BCUT2D eigenvalue weighted by Crippen LogP contribution is -2.36. The van der Waals surface area contributed by atoms with E-state index in [9.17, 15) is 0 Å². The van der Waals surface area contributed by atoms with E-state index in [0.717, 1.165) is 24.5 Å². The zero-order valence-electron chi connectivity index (χ0n) is 8.48. The molecular formula is C10H16N4. The Balaban J connectivity index is 2.17. The average molecular weight is 192 g/mol. The molecule has 1 aliphatic heterocycles. The van der Waals surface area contributed by atoms with E-state index in [2.05, 4.69) is 14.9 Å². The first-order valence-corrected chi connectivity index (χ1v) is 5.06. The standard InChI is InChI=1S/C10H16N4/c1-8-6-12-10(13-7-8)14-4-2-3-9(14)5-11/h6-7,9H,2-5,11H2,1H3. The van der Waals surface area contributed by atoms with Crippen molar-refractivity contribution >= 4 is 5.95 Å². The molecule has 0 aliphatic carbocycles. The van der Waals surface area contributed by atoms with Crippen LogP contribution >= 0.6 is 0 Å². The van der Waals surface area contributed by atoms with E-state index in [1.54, 1.807) is 0 Å². The monoisotopic (exact) mass is 192 g/mol. The molecule has 2 heterocycles. The van der Waals surface area contributed by atoms with Crippen molar-refractivity contribution in [3.63, 3.8) is 0 Å². The van der Waals surface area contributed by atoms with Crippen molar-refractivity contribution in [2.24, 2.45) is 5.73 Å². The summed E-state index contributed by atoms with van der Waals surface area (Å²) < 4.78 is 0. The molecule has 0 spiro atoms. The molecule has 0 amide bonds. The third-order valence-corrected chi connectivity index (χ3v) is 2.67. The molecule has 1 atom stereocenters. The molecule has 1 saturated heterocycles. The van der Waals surface area contributed by atoms with Crippen LogP contribution in [0.4, 0.5) is 5.95 Å². The largest absolute Gasteiger partial charge is 0.337 e. The minimum Gasteiger partial charge on any atom is -0.337 e. The zero-order chi connectivity index (χ0) is 9.97. The topological polar surface area (TPSA) is 55.0 Å². The van der Waals surface area contributed by atoms with Crippen molar-refractivity contribution in [2.75, 3.05) is 18.0 Å². The van der Waals surface area contributed by atoms with Gasteiger partial charge in [-0.25, -0.2) is 9.97 Å². The van der Waals surface area contributed by atoms with Gasteiger partial charge in [-0.3, -0.25) is 0 Å². The van der Waals surface area contributed by atoms with Crippen LogP contribution in [0.5, 0.6) is 0 Å². The van der Waals surface area contributed by atoms with E-state index in [-0.39, 0.29) is 0 Å². The predicted octanol–water partition coefficient (Wildman–Crippen LogP) is 0.713. The van der Waals surface area contributed by atoms with E-state index < -0.39 is 0 Å². The average Bonchev–Trinajstić information content (AvgIpc) is 2.67. The fraction of sp³-hybridized carbons (Fsp3) is 0.600. The normalized spacial score (nSPS) is 21.6. The van der Waals surface area contributed by atoms with Gasteiger partial charge in [0, 0.05) is 31.5 Å². The quantitative estimate of drug-likeness (QED) is 0.750. The molecule has 4 nitrogen and oxygen atoms in total. The van der Waals surface area contributed by atoms with Gasteiger partial charge in [0.1, 0.15) is 0 Å². The Morgan fingerprint density at radius 1 is 1.50 bits per heavy atom. The van der Waals surface area contributed by atoms with Crippen LogP contribution in [0.1, 0.15) is 18.4 Å². The maximum Gasteiger partial charge on any atom is 0.225 e. The van der Waals surface area contributed by atoms with Crippen LogP contribution in [0.2, 0.25) is 0 Å². The maximum atomic E-state index is 5.69. The van der Waals surface area contributed by atoms with E-state index >= 15 is 0 Å². The smallest absolute Gasteiger partial charge is 0.225 e. The number of hydrogen-bond acceptors (Lipinski definition) is 4. The summed E-state index contributed by atoms with van der Waals surface area (Å²) in [5, 5.41) is 0. The second kappa shape index (κ2) is 3.92. The molecule has 1 aromatic heterocycles. The molecule has 2 N–H and O–H groups in total. The van der Waals surface area contributed by atoms with Gasteiger partial charge in [-0.1, -0.05) is 0 Å². The number of anilines is 1. The van der Waals surface area contributed by atoms with E-state index in [1.807, 2.05) is 19.3 Å². The number of nitrogens with zero attached hydrogens (tertiary/aromatic N) is 3. The number of aromatic nitrogens is 2. The van der Waals surface area contributed by atoms with Crippen molar-refractivity contribution < 1.29 is 0 Å². The Kier molecular flexibility index (Phi) is 2.63. The lowest BCUT2D eigenvalue weighted by Gasteiger charge is -2.22. The molecule has 14 heavy (non-hydrogen) atoms. The van der Waals surface area contributed by atoms with Gasteiger partial charge in [0.15, 0.2) is 0 Å². The summed E-state index contributed by atoms with van der Waals surface area (Å²) in [5.41, 5.74) is 6.79. The Bertz CT molecular complexity index is 295. The molecular weight excluding hydrogens is 176 g/mol. The van der Waals surface area contributed by atoms with Crippen LogP contribution in [-0.4, -0.2) is 29.1 Å². The van der Waals surface area contributed by atoms with Gasteiger partial charge in [-0.2, -0.15) is 0 Å². The van der Waals surface area contributed by atoms with Gasteiger partial charge < -0.3 is 10.6 Å². The minimum absolute atomic E-state index is 0.428. The summed E-state index contributed by atoms with van der Waals surface area (Å²) in [6.07, 6.45) is 6.06. The fourth-order valence-corrected chi connectivity index (χ4v) is 1.88. The van der Waals surface area contributed by atoms with Gasteiger partial charge in [0.05, 0.1) is 0 Å². The molecule has 0 bridgehead atoms. The zero-order valence-corrected chi connectivity index (χ0v) is 8.48. The van der Waals surface area contributed by atoms with Crippen molar-refractivity contribution in [1.29, 1.82) is 0 Å². The summed E-state index contributed by atoms with van der Waals surface area (Å²) in [5.74, 6) is 0.823. The van der Waals surface area contributed by atoms with Crippen LogP contribution < -0.4 is 10.6 Å². The fourth-order valence-electron chi connectivity index (χ4n) is 1.88. The third kappa shape index (κ3) is 1.70. The summed E-state index contributed by atoms with van der Waals surface area (Å²) in [6, 6.07) is 0.428. The Morgan fingerprint density at radius 3 is 2.86 bits per heavy atom. The molecule has 1 aliphatic rings. The molecule has 4 heteroatoms. The van der Waals surface area contributed by atoms with Gasteiger partial charge in [-0.15, -0.1) is 0 Å². The molecule has 0 saturated carbocycles. The van der Waals surface area contributed by atoms with Crippen LogP contribution in [0.15, 0.2) is 12.4 Å². The Labute approximate surface area is 84.2 Å². The van der Waals surface area contributed by atoms with Crippen LogP contribution in [0.25, 0.3) is 0 Å². The molecule has 1 aromatic rings. The number of nitrogens with two attached hydrogens (primary N) is 1. The van der Waals surface area contributed by atoms with Crippen molar-refractivity contribution in [3.05, 3.63) is 18.0 Å². The molecule has 0 aromatic carbocycles. The number of rotatable bonds is 2. The van der Waals surface area contributed by atoms with Crippen molar-refractivity contribution in [1.82, 2.24) is 9.97 Å². The SMILES string of the molecule is Cc1cnc(N2CCCC2CN)nc1. The lowest BCUT2D eigenvalue weighted by atomic mass is 10.2. The highest BCUT2D eigenvalue weighted by molar-refractivity contribution is 5.33. The molecule has 1 fully saturated rings. The second-order valence-electron chi connectivity index (χ2n) is 3.79. The highest BCUT2D eigenvalue weighted by Gasteiger charge is 2.24. The van der Waals surface area contributed by atoms with Gasteiger partial charge >= 0.3 is 0 Å². The van der Waals surface area contributed by atoms with Gasteiger partial charge in [0.2, 0.25) is 5.95 Å². The van der Waals surface area contributed by atoms with Gasteiger partial charge in [-0.05, 0) is 25.3 Å². The van der Waals surface area contributed by atoms with Crippen molar-refractivity contribution in [3.8, 4) is 0 Å². The second-order valence-corrected chi connectivity index (χ2v) is 3.79. The van der Waals surface area contributed by atoms with Crippen LogP contribution in [0, 0.1) is 6.92 Å². The first-order valence-electron chi connectivity index (χ1n) is 5.06. The lowest BCUT2D eigenvalue weighted by molar-refractivity contribution is 0.664. The maximum absolute atomic E-state index is 5.69. The Hall–Kier alpha value is -1.16. The first-order chi connectivity index (χ1) is 6.81. The first kappa shape index (κ1) is 9.40. The molecule has 76 valence electrons. The molecule has 0 radical (unpaired) electrons. The minimum atomic E-state index is 0.428. The summed E-state index contributed by atoms with van der Waals surface area (Å²) in [6.45, 7) is 3.72. The van der Waals surface area contributed by atoms with Crippen LogP contribution in [0.3, 0.4) is 0 Å². The van der Waals surface area contributed by atoms with E-state index in [0.29, 0.717) is 12.6 Å². The van der Waals surface area contributed by atoms with Crippen molar-refractivity contribution in [2.45, 2.75) is 25.8 Å².